The molecule has 6 heteroatoms. The highest BCUT2D eigenvalue weighted by Crippen LogP contribution is 2.27. The summed E-state index contributed by atoms with van der Waals surface area (Å²) in [6.45, 7) is 0.623. The van der Waals surface area contributed by atoms with E-state index < -0.39 is 5.97 Å². The van der Waals surface area contributed by atoms with Crippen molar-refractivity contribution in [2.75, 3.05) is 19.0 Å². The van der Waals surface area contributed by atoms with Crippen LogP contribution in [0.1, 0.15) is 33.8 Å². The topological polar surface area (TPSA) is 90.7 Å². The van der Waals surface area contributed by atoms with Crippen LogP contribution < -0.4 is 15.8 Å². The van der Waals surface area contributed by atoms with Crippen LogP contribution in [0.4, 0.5) is 5.69 Å². The van der Waals surface area contributed by atoms with Gasteiger partial charge in [0, 0.05) is 24.1 Å². The number of rotatable bonds is 9. The fraction of sp³-hybridized carbons (Fsp3) is 0.172. The molecule has 4 aromatic rings. The molecule has 0 fully saturated rings. The number of anilines is 1. The minimum absolute atomic E-state index is 0.122. The van der Waals surface area contributed by atoms with Crippen molar-refractivity contribution in [3.05, 3.63) is 108 Å². The third kappa shape index (κ3) is 6.05. The van der Waals surface area contributed by atoms with Crippen molar-refractivity contribution < 1.29 is 19.1 Å². The molecule has 0 saturated heterocycles. The summed E-state index contributed by atoms with van der Waals surface area (Å²) < 4.78 is 10.8. The van der Waals surface area contributed by atoms with Crippen LogP contribution in [0.2, 0.25) is 0 Å². The monoisotopic (exact) mass is 468 g/mol. The molecule has 1 atom stereocenters. The van der Waals surface area contributed by atoms with Gasteiger partial charge < -0.3 is 20.5 Å². The smallest absolute Gasteiger partial charge is 0.341 e. The van der Waals surface area contributed by atoms with Crippen molar-refractivity contribution in [1.29, 1.82) is 0 Å². The minimum Gasteiger partial charge on any atom is -0.488 e. The number of ether oxygens (including phenoxy) is 2. The summed E-state index contributed by atoms with van der Waals surface area (Å²) in [4.78, 5) is 25.1. The van der Waals surface area contributed by atoms with Gasteiger partial charge >= 0.3 is 5.97 Å². The van der Waals surface area contributed by atoms with E-state index in [0.717, 1.165) is 21.9 Å². The predicted molar refractivity (Wildman–Crippen MR) is 138 cm³/mol. The van der Waals surface area contributed by atoms with Crippen LogP contribution in [-0.4, -0.2) is 25.5 Å². The van der Waals surface area contributed by atoms with Crippen molar-refractivity contribution in [2.24, 2.45) is 5.73 Å². The molecule has 35 heavy (non-hydrogen) atoms. The highest BCUT2D eigenvalue weighted by Gasteiger charge is 2.18. The summed E-state index contributed by atoms with van der Waals surface area (Å²) in [7, 11) is 1.32. The lowest BCUT2D eigenvalue weighted by Crippen LogP contribution is -2.21. The number of carbonyl (C=O) groups is 2. The van der Waals surface area contributed by atoms with E-state index in [1.54, 1.807) is 18.2 Å². The average Bonchev–Trinajstić information content (AvgIpc) is 2.90. The average molecular weight is 469 g/mol. The van der Waals surface area contributed by atoms with E-state index >= 15 is 0 Å². The first-order valence-electron chi connectivity index (χ1n) is 11.4. The normalized spacial score (nSPS) is 11.6. The third-order valence-electron chi connectivity index (χ3n) is 5.87. The summed E-state index contributed by atoms with van der Waals surface area (Å²) in [5.41, 5.74) is 8.82. The van der Waals surface area contributed by atoms with Crippen molar-refractivity contribution in [3.8, 4) is 5.75 Å². The molecule has 4 rings (SSSR count). The minimum atomic E-state index is -0.509. The van der Waals surface area contributed by atoms with E-state index in [1.165, 1.54) is 7.11 Å². The van der Waals surface area contributed by atoms with Crippen molar-refractivity contribution in [1.82, 2.24) is 0 Å². The van der Waals surface area contributed by atoms with Gasteiger partial charge in [-0.15, -0.1) is 0 Å². The Labute approximate surface area is 204 Å². The number of hydrogen-bond acceptors (Lipinski definition) is 5. The Balaban J connectivity index is 1.48. The van der Waals surface area contributed by atoms with E-state index in [4.69, 9.17) is 15.2 Å². The van der Waals surface area contributed by atoms with Gasteiger partial charge in [-0.1, -0.05) is 72.8 Å². The van der Waals surface area contributed by atoms with Crippen LogP contribution in [0.5, 0.6) is 5.75 Å². The Morgan fingerprint density at radius 2 is 1.63 bits per heavy atom. The second kappa shape index (κ2) is 11.3. The molecule has 1 unspecified atom stereocenters. The van der Waals surface area contributed by atoms with Crippen LogP contribution in [0.3, 0.4) is 0 Å². The molecule has 0 spiro atoms. The van der Waals surface area contributed by atoms with Gasteiger partial charge in [-0.25, -0.2) is 4.79 Å². The fourth-order valence-corrected chi connectivity index (χ4v) is 3.97. The van der Waals surface area contributed by atoms with E-state index in [-0.39, 0.29) is 30.4 Å². The molecular formula is C29H28N2O4. The Morgan fingerprint density at radius 3 is 2.37 bits per heavy atom. The largest absolute Gasteiger partial charge is 0.488 e. The van der Waals surface area contributed by atoms with E-state index in [0.29, 0.717) is 18.0 Å². The molecule has 1 amide bonds. The number of esters is 1. The van der Waals surface area contributed by atoms with E-state index in [9.17, 15) is 9.59 Å². The van der Waals surface area contributed by atoms with Gasteiger partial charge in [-0.3, -0.25) is 4.79 Å². The molecular weight excluding hydrogens is 440 g/mol. The Bertz CT molecular complexity index is 1320. The fourth-order valence-electron chi connectivity index (χ4n) is 3.97. The summed E-state index contributed by atoms with van der Waals surface area (Å²) in [5.74, 6) is -0.468. The van der Waals surface area contributed by atoms with Crippen LogP contribution in [-0.2, 0) is 16.1 Å². The van der Waals surface area contributed by atoms with E-state index in [1.807, 2.05) is 60.7 Å². The third-order valence-corrected chi connectivity index (χ3v) is 5.87. The molecule has 6 nitrogen and oxygen atoms in total. The Hall–Kier alpha value is -4.16. The lowest BCUT2D eigenvalue weighted by atomic mass is 9.93. The van der Waals surface area contributed by atoms with Crippen LogP contribution in [0.25, 0.3) is 10.8 Å². The number of carbonyl (C=O) groups excluding carboxylic acids is 2. The van der Waals surface area contributed by atoms with Crippen LogP contribution in [0, 0.1) is 0 Å². The number of nitrogens with one attached hydrogen (secondary N) is 1. The first-order chi connectivity index (χ1) is 17.1. The zero-order valence-electron chi connectivity index (χ0n) is 19.6. The van der Waals surface area contributed by atoms with Crippen LogP contribution in [0.15, 0.2) is 91.0 Å². The highest BCUT2D eigenvalue weighted by atomic mass is 16.5. The molecule has 3 N–H and O–H groups in total. The molecule has 0 aromatic heterocycles. The van der Waals surface area contributed by atoms with Crippen molar-refractivity contribution in [3.63, 3.8) is 0 Å². The van der Waals surface area contributed by atoms with Crippen molar-refractivity contribution >= 4 is 28.3 Å². The standard InChI is InChI=1S/C29H28N2O4/c1-34-29(33)26-14-13-25(17-27(26)35-19-20-7-3-2-4-8-20)31-28(32)16-24(18-30)23-12-11-21-9-5-6-10-22(21)15-23/h2-15,17,24H,16,18-19,30H2,1H3,(H,31,32). The van der Waals surface area contributed by atoms with E-state index in [2.05, 4.69) is 17.4 Å². The van der Waals surface area contributed by atoms with Gasteiger partial charge in [0.2, 0.25) is 5.91 Å². The second-order valence-corrected chi connectivity index (χ2v) is 8.27. The molecule has 0 aliphatic rings. The summed E-state index contributed by atoms with van der Waals surface area (Å²) in [5, 5.41) is 5.17. The van der Waals surface area contributed by atoms with Crippen LogP contribution >= 0.6 is 0 Å². The first-order valence-corrected chi connectivity index (χ1v) is 11.4. The number of benzene rings is 4. The lowest BCUT2D eigenvalue weighted by molar-refractivity contribution is -0.116. The number of fused-ring (bicyclic) bond motifs is 1. The van der Waals surface area contributed by atoms with Gasteiger partial charge in [0.15, 0.2) is 0 Å². The Morgan fingerprint density at radius 1 is 0.886 bits per heavy atom. The van der Waals surface area contributed by atoms with Gasteiger partial charge in [0.25, 0.3) is 0 Å². The molecule has 178 valence electrons. The summed E-state index contributed by atoms with van der Waals surface area (Å²) in [6, 6.07) is 28.8. The SMILES string of the molecule is COC(=O)c1ccc(NC(=O)CC(CN)c2ccc3ccccc3c2)cc1OCc1ccccc1. The molecule has 0 radical (unpaired) electrons. The Kier molecular flexibility index (Phi) is 7.75. The number of hydrogen-bond donors (Lipinski definition) is 2. The molecule has 0 saturated carbocycles. The zero-order chi connectivity index (χ0) is 24.6. The molecule has 0 heterocycles. The lowest BCUT2D eigenvalue weighted by Gasteiger charge is -2.17. The predicted octanol–water partition coefficient (Wildman–Crippen LogP) is 5.28. The maximum Gasteiger partial charge on any atom is 0.341 e. The summed E-state index contributed by atoms with van der Waals surface area (Å²) >= 11 is 0. The molecule has 0 aliphatic heterocycles. The highest BCUT2D eigenvalue weighted by molar-refractivity contribution is 5.95. The van der Waals surface area contributed by atoms with Gasteiger partial charge in [-0.05, 0) is 40.6 Å². The number of methoxy groups -OCH3 is 1. The first kappa shape index (κ1) is 24.0. The zero-order valence-corrected chi connectivity index (χ0v) is 19.6. The van der Waals surface area contributed by atoms with Gasteiger partial charge in [0.05, 0.1) is 7.11 Å². The van der Waals surface area contributed by atoms with Gasteiger partial charge in [-0.2, -0.15) is 0 Å². The molecule has 0 bridgehead atoms. The quantitative estimate of drug-likeness (QED) is 0.326. The number of nitrogens with two attached hydrogens (primary N) is 1. The maximum atomic E-state index is 12.9. The van der Waals surface area contributed by atoms with Crippen molar-refractivity contribution in [2.45, 2.75) is 18.9 Å². The second-order valence-electron chi connectivity index (χ2n) is 8.27. The summed E-state index contributed by atoms with van der Waals surface area (Å²) in [6.07, 6.45) is 0.230. The number of amides is 1. The molecule has 0 aliphatic carbocycles. The van der Waals surface area contributed by atoms with Gasteiger partial charge in [0.1, 0.15) is 17.9 Å². The molecule has 4 aromatic carbocycles. The maximum absolute atomic E-state index is 12.9.